The van der Waals surface area contributed by atoms with Gasteiger partial charge >= 0.3 is 5.97 Å². The average molecular weight is 360 g/mol. The molecule has 2 heterocycles. The second-order valence-corrected chi connectivity index (χ2v) is 6.64. The maximum absolute atomic E-state index is 11.7. The number of carbonyl (C=O) groups is 1. The summed E-state index contributed by atoms with van der Waals surface area (Å²) in [4.78, 5) is 13.9. The van der Waals surface area contributed by atoms with Gasteiger partial charge in [-0.1, -0.05) is 30.3 Å². The van der Waals surface area contributed by atoms with E-state index in [1.54, 1.807) is 0 Å². The smallest absolute Gasteiger partial charge is 0.308 e. The second kappa shape index (κ2) is 7.93. The second-order valence-electron chi connectivity index (χ2n) is 6.27. The molecule has 0 spiro atoms. The fraction of sp³-hybridized carbons (Fsp3) is 0.500. The number of hydrogen-bond donors (Lipinski definition) is 0. The van der Waals surface area contributed by atoms with Gasteiger partial charge in [0.1, 0.15) is 0 Å². The monoisotopic (exact) mass is 360 g/mol. The van der Waals surface area contributed by atoms with Crippen LogP contribution in [0.25, 0.3) is 11.4 Å². The number of benzene rings is 1. The van der Waals surface area contributed by atoms with Crippen LogP contribution in [0.5, 0.6) is 0 Å². The van der Waals surface area contributed by atoms with Crippen LogP contribution < -0.4 is 0 Å². The molecular formula is C18H24N4O2S. The molecule has 1 aromatic heterocycles. The number of rotatable bonds is 5. The van der Waals surface area contributed by atoms with Crippen molar-refractivity contribution < 1.29 is 9.53 Å². The van der Waals surface area contributed by atoms with Crippen molar-refractivity contribution in [2.24, 2.45) is 5.92 Å². The molecule has 7 heteroatoms. The van der Waals surface area contributed by atoms with E-state index < -0.39 is 0 Å². The molecular weight excluding hydrogens is 336 g/mol. The molecule has 3 rings (SSSR count). The zero-order chi connectivity index (χ0) is 17.8. The topological polar surface area (TPSA) is 52.3 Å². The minimum Gasteiger partial charge on any atom is -0.469 e. The van der Waals surface area contributed by atoms with E-state index >= 15 is 0 Å². The summed E-state index contributed by atoms with van der Waals surface area (Å²) in [5.41, 5.74) is 1.07. The van der Waals surface area contributed by atoms with Crippen LogP contribution in [0, 0.1) is 10.7 Å². The van der Waals surface area contributed by atoms with Crippen molar-refractivity contribution >= 4 is 18.2 Å². The molecule has 0 N–H and O–H groups in total. The molecule has 0 bridgehead atoms. The van der Waals surface area contributed by atoms with Crippen LogP contribution in [0.2, 0.25) is 0 Å². The quantitative estimate of drug-likeness (QED) is 0.606. The van der Waals surface area contributed by atoms with Crippen LogP contribution in [-0.2, 0) is 22.7 Å². The highest BCUT2D eigenvalue weighted by atomic mass is 32.1. The van der Waals surface area contributed by atoms with Gasteiger partial charge in [-0.3, -0.25) is 9.69 Å². The van der Waals surface area contributed by atoms with Gasteiger partial charge in [0.05, 0.1) is 19.7 Å². The standard InChI is InChI=1S/C18H24N4O2S/c1-3-21-16(14-7-5-4-6-8-14)19-22(18(21)25)13-20-11-9-15(10-12-20)17(23)24-2/h4-8,15H,3,9-13H2,1-2H3. The first kappa shape index (κ1) is 17.8. The van der Waals surface area contributed by atoms with Gasteiger partial charge in [0.25, 0.3) is 0 Å². The number of piperidine rings is 1. The zero-order valence-corrected chi connectivity index (χ0v) is 15.5. The molecule has 134 valence electrons. The third-order valence-electron chi connectivity index (χ3n) is 4.73. The summed E-state index contributed by atoms with van der Waals surface area (Å²) in [6, 6.07) is 10.1. The first-order chi connectivity index (χ1) is 12.1. The fourth-order valence-corrected chi connectivity index (χ4v) is 3.60. The lowest BCUT2D eigenvalue weighted by molar-refractivity contribution is -0.147. The van der Waals surface area contributed by atoms with Gasteiger partial charge < -0.3 is 9.30 Å². The van der Waals surface area contributed by atoms with E-state index in [2.05, 4.69) is 28.5 Å². The number of nitrogens with zero attached hydrogens (tertiary/aromatic N) is 4. The van der Waals surface area contributed by atoms with Crippen LogP contribution in [0.1, 0.15) is 19.8 Å². The van der Waals surface area contributed by atoms with Gasteiger partial charge in [-0.15, -0.1) is 0 Å². The van der Waals surface area contributed by atoms with Crippen molar-refractivity contribution in [3.8, 4) is 11.4 Å². The summed E-state index contributed by atoms with van der Waals surface area (Å²) < 4.78 is 9.53. The molecule has 6 nitrogen and oxygen atoms in total. The molecule has 25 heavy (non-hydrogen) atoms. The van der Waals surface area contributed by atoms with E-state index in [4.69, 9.17) is 22.1 Å². The summed E-state index contributed by atoms with van der Waals surface area (Å²) in [6.07, 6.45) is 1.64. The third-order valence-corrected chi connectivity index (χ3v) is 5.16. The van der Waals surface area contributed by atoms with Crippen molar-refractivity contribution in [1.29, 1.82) is 0 Å². The van der Waals surface area contributed by atoms with Crippen molar-refractivity contribution in [2.75, 3.05) is 20.2 Å². The highest BCUT2D eigenvalue weighted by Gasteiger charge is 2.26. The molecule has 1 aliphatic rings. The molecule has 1 saturated heterocycles. The van der Waals surface area contributed by atoms with Gasteiger partial charge in [0, 0.05) is 25.2 Å². The molecule has 0 aliphatic carbocycles. The zero-order valence-electron chi connectivity index (χ0n) is 14.7. The Morgan fingerprint density at radius 2 is 1.96 bits per heavy atom. The van der Waals surface area contributed by atoms with E-state index in [1.807, 2.05) is 22.9 Å². The van der Waals surface area contributed by atoms with Crippen LogP contribution in [-0.4, -0.2) is 45.4 Å². The Bertz CT molecular complexity index is 776. The summed E-state index contributed by atoms with van der Waals surface area (Å²) in [7, 11) is 1.45. The fourth-order valence-electron chi connectivity index (χ4n) is 3.29. The Kier molecular flexibility index (Phi) is 5.65. The number of aromatic nitrogens is 3. The normalized spacial score (nSPS) is 16.1. The number of esters is 1. The predicted octanol–water partition coefficient (Wildman–Crippen LogP) is 2.94. The van der Waals surface area contributed by atoms with Gasteiger partial charge in [0.2, 0.25) is 0 Å². The molecule has 1 aromatic carbocycles. The molecule has 0 unspecified atom stereocenters. The molecule has 0 amide bonds. The Balaban J connectivity index is 1.75. The SMILES string of the molecule is CCn1c(-c2ccccc2)nn(CN2CCC(C(=O)OC)CC2)c1=S. The molecule has 0 radical (unpaired) electrons. The number of methoxy groups -OCH3 is 1. The number of hydrogen-bond acceptors (Lipinski definition) is 5. The number of carbonyl (C=O) groups excluding carboxylic acids is 1. The molecule has 0 atom stereocenters. The number of likely N-dealkylation sites (tertiary alicyclic amines) is 1. The van der Waals surface area contributed by atoms with Gasteiger partial charge in [0.15, 0.2) is 10.6 Å². The van der Waals surface area contributed by atoms with E-state index in [0.29, 0.717) is 6.67 Å². The summed E-state index contributed by atoms with van der Waals surface area (Å²) in [5.74, 6) is 0.817. The van der Waals surface area contributed by atoms with Crippen molar-refractivity contribution in [1.82, 2.24) is 19.2 Å². The third kappa shape index (κ3) is 3.82. The highest BCUT2D eigenvalue weighted by Crippen LogP contribution is 2.21. The van der Waals surface area contributed by atoms with E-state index in [1.165, 1.54) is 7.11 Å². The Labute approximate surface area is 153 Å². The maximum Gasteiger partial charge on any atom is 0.308 e. The lowest BCUT2D eigenvalue weighted by Gasteiger charge is -2.30. The highest BCUT2D eigenvalue weighted by molar-refractivity contribution is 7.71. The summed E-state index contributed by atoms with van der Waals surface area (Å²) in [5, 5.41) is 4.76. The Morgan fingerprint density at radius 3 is 2.56 bits per heavy atom. The summed E-state index contributed by atoms with van der Waals surface area (Å²) >= 11 is 5.63. The molecule has 0 saturated carbocycles. The largest absolute Gasteiger partial charge is 0.469 e. The first-order valence-corrected chi connectivity index (χ1v) is 9.08. The predicted molar refractivity (Wildman–Crippen MR) is 98.5 cm³/mol. The van der Waals surface area contributed by atoms with Gasteiger partial charge in [-0.05, 0) is 32.0 Å². The van der Waals surface area contributed by atoms with Crippen LogP contribution in [0.4, 0.5) is 0 Å². The lowest BCUT2D eigenvalue weighted by Crippen LogP contribution is -2.38. The molecule has 2 aromatic rings. The van der Waals surface area contributed by atoms with Crippen LogP contribution in [0.3, 0.4) is 0 Å². The van der Waals surface area contributed by atoms with Crippen molar-refractivity contribution in [3.05, 3.63) is 35.1 Å². The van der Waals surface area contributed by atoms with Crippen molar-refractivity contribution in [2.45, 2.75) is 33.0 Å². The van der Waals surface area contributed by atoms with E-state index in [0.717, 1.165) is 48.6 Å². The van der Waals surface area contributed by atoms with Crippen LogP contribution in [0.15, 0.2) is 30.3 Å². The lowest BCUT2D eigenvalue weighted by atomic mass is 9.97. The van der Waals surface area contributed by atoms with Gasteiger partial charge in [-0.2, -0.15) is 5.10 Å². The number of ether oxygens (including phenoxy) is 1. The minimum absolute atomic E-state index is 0.0160. The molecule has 1 aliphatic heterocycles. The van der Waals surface area contributed by atoms with E-state index in [-0.39, 0.29) is 11.9 Å². The molecule has 1 fully saturated rings. The Hall–Kier alpha value is -1.99. The maximum atomic E-state index is 11.7. The first-order valence-electron chi connectivity index (χ1n) is 8.67. The summed E-state index contributed by atoms with van der Waals surface area (Å²) in [6.45, 7) is 5.21. The Morgan fingerprint density at radius 1 is 1.28 bits per heavy atom. The van der Waals surface area contributed by atoms with Gasteiger partial charge in [-0.25, -0.2) is 4.68 Å². The average Bonchev–Trinajstić information content (AvgIpc) is 2.98. The minimum atomic E-state index is -0.0992. The van der Waals surface area contributed by atoms with Crippen LogP contribution >= 0.6 is 12.2 Å². The van der Waals surface area contributed by atoms with Crippen molar-refractivity contribution in [3.63, 3.8) is 0 Å². The van der Waals surface area contributed by atoms with E-state index in [9.17, 15) is 4.79 Å².